The molecule has 19 heavy (non-hydrogen) atoms. The van der Waals surface area contributed by atoms with Crippen LogP contribution in [0.15, 0.2) is 18.2 Å². The predicted octanol–water partition coefficient (Wildman–Crippen LogP) is 2.85. The van der Waals surface area contributed by atoms with E-state index in [1.165, 1.54) is 0 Å². The molecule has 1 fully saturated rings. The molecule has 104 valence electrons. The molecule has 1 aliphatic rings. The van der Waals surface area contributed by atoms with Gasteiger partial charge in [0.05, 0.1) is 0 Å². The van der Waals surface area contributed by atoms with Crippen LogP contribution in [0.5, 0.6) is 0 Å². The number of aryl methyl sites for hydroxylation is 1. The molecule has 3 nitrogen and oxygen atoms in total. The average Bonchev–Trinajstić information content (AvgIpc) is 2.41. The quantitative estimate of drug-likeness (QED) is 0.905. The SMILES string of the molecule is Cc1ccc(C(=O)N2CC(CN)CCC2C)cc1Cl. The molecule has 1 aromatic carbocycles. The number of hydrogen-bond acceptors (Lipinski definition) is 2. The van der Waals surface area contributed by atoms with Crippen molar-refractivity contribution in [3.63, 3.8) is 0 Å². The van der Waals surface area contributed by atoms with E-state index in [0.29, 0.717) is 23.0 Å². The first-order valence-electron chi connectivity index (χ1n) is 6.80. The number of nitrogens with zero attached hydrogens (tertiary/aromatic N) is 1. The molecule has 0 aromatic heterocycles. The highest BCUT2D eigenvalue weighted by atomic mass is 35.5. The van der Waals surface area contributed by atoms with Gasteiger partial charge in [-0.15, -0.1) is 0 Å². The van der Waals surface area contributed by atoms with Crippen molar-refractivity contribution in [2.45, 2.75) is 32.7 Å². The molecule has 0 aliphatic carbocycles. The van der Waals surface area contributed by atoms with Crippen LogP contribution in [-0.2, 0) is 0 Å². The number of carbonyl (C=O) groups is 1. The van der Waals surface area contributed by atoms with Crippen molar-refractivity contribution >= 4 is 17.5 Å². The zero-order chi connectivity index (χ0) is 14.0. The van der Waals surface area contributed by atoms with E-state index in [1.807, 2.05) is 24.0 Å². The zero-order valence-electron chi connectivity index (χ0n) is 11.5. The van der Waals surface area contributed by atoms with Gasteiger partial charge in [0.1, 0.15) is 0 Å². The maximum absolute atomic E-state index is 12.6. The Morgan fingerprint density at radius 3 is 2.84 bits per heavy atom. The van der Waals surface area contributed by atoms with Crippen molar-refractivity contribution < 1.29 is 4.79 Å². The molecular formula is C15H21ClN2O. The summed E-state index contributed by atoms with van der Waals surface area (Å²) in [4.78, 5) is 14.5. The molecule has 2 atom stereocenters. The van der Waals surface area contributed by atoms with Crippen LogP contribution in [0, 0.1) is 12.8 Å². The lowest BCUT2D eigenvalue weighted by molar-refractivity contribution is 0.0567. The van der Waals surface area contributed by atoms with Crippen molar-refractivity contribution in [2.75, 3.05) is 13.1 Å². The predicted molar refractivity (Wildman–Crippen MR) is 78.5 cm³/mol. The highest BCUT2D eigenvalue weighted by Crippen LogP contribution is 2.24. The van der Waals surface area contributed by atoms with E-state index < -0.39 is 0 Å². The third-order valence-corrected chi connectivity index (χ3v) is 4.40. The Morgan fingerprint density at radius 2 is 2.21 bits per heavy atom. The van der Waals surface area contributed by atoms with Crippen LogP contribution < -0.4 is 5.73 Å². The number of carbonyl (C=O) groups excluding carboxylic acids is 1. The first kappa shape index (κ1) is 14.4. The largest absolute Gasteiger partial charge is 0.336 e. The lowest BCUT2D eigenvalue weighted by atomic mass is 9.93. The summed E-state index contributed by atoms with van der Waals surface area (Å²) in [7, 11) is 0. The summed E-state index contributed by atoms with van der Waals surface area (Å²) in [6, 6.07) is 5.78. The number of rotatable bonds is 2. The Bertz CT molecular complexity index is 475. The summed E-state index contributed by atoms with van der Waals surface area (Å²) in [6.45, 7) is 5.43. The van der Waals surface area contributed by atoms with Crippen LogP contribution in [0.2, 0.25) is 5.02 Å². The molecule has 1 aromatic rings. The van der Waals surface area contributed by atoms with Gasteiger partial charge in [-0.25, -0.2) is 0 Å². The standard InChI is InChI=1S/C15H21ClN2O/c1-10-3-6-13(7-14(10)16)15(19)18-9-12(8-17)5-4-11(18)2/h3,6-7,11-12H,4-5,8-9,17H2,1-2H3. The van der Waals surface area contributed by atoms with Gasteiger partial charge in [-0.3, -0.25) is 4.79 Å². The number of piperidine rings is 1. The summed E-state index contributed by atoms with van der Waals surface area (Å²) < 4.78 is 0. The van der Waals surface area contributed by atoms with Crippen molar-refractivity contribution in [3.05, 3.63) is 34.3 Å². The van der Waals surface area contributed by atoms with Crippen LogP contribution in [0.25, 0.3) is 0 Å². The Labute approximate surface area is 119 Å². The van der Waals surface area contributed by atoms with Gasteiger partial charge in [-0.2, -0.15) is 0 Å². The molecule has 0 bridgehead atoms. The van der Waals surface area contributed by atoms with Gasteiger partial charge in [-0.1, -0.05) is 17.7 Å². The fraction of sp³-hybridized carbons (Fsp3) is 0.533. The molecule has 1 saturated heterocycles. The van der Waals surface area contributed by atoms with Crippen molar-refractivity contribution in [1.82, 2.24) is 4.90 Å². The summed E-state index contributed by atoms with van der Waals surface area (Å²) in [5, 5.41) is 0.644. The molecule has 4 heteroatoms. The summed E-state index contributed by atoms with van der Waals surface area (Å²) >= 11 is 6.10. The lowest BCUT2D eigenvalue weighted by Crippen LogP contribution is -2.47. The molecular weight excluding hydrogens is 260 g/mol. The zero-order valence-corrected chi connectivity index (χ0v) is 12.3. The monoisotopic (exact) mass is 280 g/mol. The van der Waals surface area contributed by atoms with E-state index in [0.717, 1.165) is 24.9 Å². The molecule has 1 heterocycles. The van der Waals surface area contributed by atoms with Crippen LogP contribution in [0.1, 0.15) is 35.7 Å². The maximum Gasteiger partial charge on any atom is 0.254 e. The van der Waals surface area contributed by atoms with Crippen LogP contribution in [0.4, 0.5) is 0 Å². The van der Waals surface area contributed by atoms with E-state index in [1.54, 1.807) is 6.07 Å². The van der Waals surface area contributed by atoms with E-state index in [2.05, 4.69) is 6.92 Å². The van der Waals surface area contributed by atoms with Gasteiger partial charge in [0.25, 0.3) is 5.91 Å². The topological polar surface area (TPSA) is 46.3 Å². The van der Waals surface area contributed by atoms with Crippen LogP contribution >= 0.6 is 11.6 Å². The highest BCUT2D eigenvalue weighted by Gasteiger charge is 2.29. The first-order valence-corrected chi connectivity index (χ1v) is 7.18. The van der Waals surface area contributed by atoms with Gasteiger partial charge in [0, 0.05) is 23.2 Å². The Kier molecular flexibility index (Phi) is 4.48. The molecule has 2 N–H and O–H groups in total. The van der Waals surface area contributed by atoms with Crippen molar-refractivity contribution in [1.29, 1.82) is 0 Å². The second-order valence-electron chi connectivity index (χ2n) is 5.45. The highest BCUT2D eigenvalue weighted by molar-refractivity contribution is 6.31. The minimum absolute atomic E-state index is 0.0625. The maximum atomic E-state index is 12.6. The molecule has 1 amide bonds. The van der Waals surface area contributed by atoms with Crippen LogP contribution in [0.3, 0.4) is 0 Å². The van der Waals surface area contributed by atoms with Gasteiger partial charge < -0.3 is 10.6 Å². The summed E-state index contributed by atoms with van der Waals surface area (Å²) in [6.07, 6.45) is 2.13. The molecule has 0 radical (unpaired) electrons. The van der Waals surface area contributed by atoms with Gasteiger partial charge in [0.15, 0.2) is 0 Å². The Balaban J connectivity index is 2.19. The van der Waals surface area contributed by atoms with Gasteiger partial charge in [0.2, 0.25) is 0 Å². The Hall–Kier alpha value is -1.06. The minimum Gasteiger partial charge on any atom is -0.336 e. The van der Waals surface area contributed by atoms with E-state index in [-0.39, 0.29) is 11.9 Å². The number of benzene rings is 1. The number of halogens is 1. The van der Waals surface area contributed by atoms with Gasteiger partial charge in [-0.05, 0) is 56.8 Å². The van der Waals surface area contributed by atoms with Crippen molar-refractivity contribution in [2.24, 2.45) is 11.7 Å². The van der Waals surface area contributed by atoms with Crippen LogP contribution in [-0.4, -0.2) is 29.9 Å². The normalized spacial score (nSPS) is 23.5. The Morgan fingerprint density at radius 1 is 1.47 bits per heavy atom. The molecule has 2 rings (SSSR count). The molecule has 0 spiro atoms. The molecule has 2 unspecified atom stereocenters. The number of hydrogen-bond donors (Lipinski definition) is 1. The lowest BCUT2D eigenvalue weighted by Gasteiger charge is -2.37. The number of nitrogens with two attached hydrogens (primary N) is 1. The minimum atomic E-state index is 0.0625. The second kappa shape index (κ2) is 5.93. The van der Waals surface area contributed by atoms with Crippen molar-refractivity contribution in [3.8, 4) is 0 Å². The summed E-state index contributed by atoms with van der Waals surface area (Å²) in [5.74, 6) is 0.480. The summed E-state index contributed by atoms with van der Waals surface area (Å²) in [5.41, 5.74) is 7.39. The average molecular weight is 281 g/mol. The fourth-order valence-corrected chi connectivity index (χ4v) is 2.73. The number of amides is 1. The fourth-order valence-electron chi connectivity index (χ4n) is 2.55. The van der Waals surface area contributed by atoms with E-state index in [4.69, 9.17) is 17.3 Å². The first-order chi connectivity index (χ1) is 9.02. The van der Waals surface area contributed by atoms with E-state index >= 15 is 0 Å². The smallest absolute Gasteiger partial charge is 0.254 e. The van der Waals surface area contributed by atoms with E-state index in [9.17, 15) is 4.79 Å². The third kappa shape index (κ3) is 3.10. The molecule has 1 aliphatic heterocycles. The second-order valence-corrected chi connectivity index (χ2v) is 5.86. The third-order valence-electron chi connectivity index (χ3n) is 3.99. The number of likely N-dealkylation sites (tertiary alicyclic amines) is 1. The van der Waals surface area contributed by atoms with Gasteiger partial charge >= 0.3 is 0 Å². The molecule has 0 saturated carbocycles.